The van der Waals surface area contributed by atoms with Crippen molar-refractivity contribution in [2.24, 2.45) is 0 Å². The van der Waals surface area contributed by atoms with E-state index in [1.54, 1.807) is 22.3 Å². The number of amides is 1. The summed E-state index contributed by atoms with van der Waals surface area (Å²) in [7, 11) is -3.83. The summed E-state index contributed by atoms with van der Waals surface area (Å²) in [4.78, 5) is 28.5. The Kier molecular flexibility index (Phi) is 7.08. The lowest BCUT2D eigenvalue weighted by Crippen LogP contribution is -2.53. The summed E-state index contributed by atoms with van der Waals surface area (Å²) in [5, 5.41) is 12.9. The third-order valence-corrected chi connectivity index (χ3v) is 9.75. The number of nitro benzene ring substituents is 1. The molecule has 2 aliphatic heterocycles. The van der Waals surface area contributed by atoms with Crippen LogP contribution in [0, 0.1) is 15.9 Å². The first-order valence-electron chi connectivity index (χ1n) is 11.8. The van der Waals surface area contributed by atoms with Crippen LogP contribution in [-0.2, 0) is 21.2 Å². The number of thiophene rings is 1. The van der Waals surface area contributed by atoms with Crippen LogP contribution in [0.25, 0.3) is 0 Å². The number of hydrogen-bond acceptors (Lipinski definition) is 7. The van der Waals surface area contributed by atoms with Crippen molar-refractivity contribution in [3.63, 3.8) is 0 Å². The number of carbonyl (C=O) groups excluding carboxylic acids is 1. The Morgan fingerprint density at radius 3 is 2.46 bits per heavy atom. The minimum atomic E-state index is -3.83. The minimum Gasteiger partial charge on any atom is -0.339 e. The molecule has 1 saturated heterocycles. The van der Waals surface area contributed by atoms with Gasteiger partial charge < -0.3 is 4.90 Å². The molecule has 0 bridgehead atoms. The van der Waals surface area contributed by atoms with Gasteiger partial charge in [0.25, 0.3) is 5.69 Å². The van der Waals surface area contributed by atoms with Crippen LogP contribution in [-0.4, -0.2) is 72.6 Å². The van der Waals surface area contributed by atoms with Crippen molar-refractivity contribution in [3.8, 4) is 0 Å². The van der Waals surface area contributed by atoms with Gasteiger partial charge >= 0.3 is 0 Å². The van der Waals surface area contributed by atoms with Crippen molar-refractivity contribution in [2.45, 2.75) is 17.4 Å². The number of nitro groups is 1. The largest absolute Gasteiger partial charge is 0.339 e. The number of sulfonamides is 1. The van der Waals surface area contributed by atoms with Gasteiger partial charge in [0.2, 0.25) is 15.9 Å². The van der Waals surface area contributed by atoms with Gasteiger partial charge in [0, 0.05) is 49.7 Å². The number of carbonyl (C=O) groups is 1. The summed E-state index contributed by atoms with van der Waals surface area (Å²) in [6, 6.07) is 13.1. The lowest BCUT2D eigenvalue weighted by atomic mass is 9.93. The zero-order chi connectivity index (χ0) is 26.2. The Balaban J connectivity index is 1.26. The third kappa shape index (κ3) is 5.14. The zero-order valence-electron chi connectivity index (χ0n) is 19.8. The second-order valence-corrected chi connectivity index (χ2v) is 12.0. The molecule has 1 atom stereocenters. The number of rotatable bonds is 6. The number of benzene rings is 2. The maximum atomic E-state index is 14.0. The van der Waals surface area contributed by atoms with Crippen molar-refractivity contribution < 1.29 is 22.5 Å². The molecule has 9 nitrogen and oxygen atoms in total. The molecule has 5 rings (SSSR count). The van der Waals surface area contributed by atoms with Crippen LogP contribution in [0.5, 0.6) is 0 Å². The van der Waals surface area contributed by atoms with Crippen LogP contribution in [0.3, 0.4) is 0 Å². The summed E-state index contributed by atoms with van der Waals surface area (Å²) in [6.07, 6.45) is 0.813. The van der Waals surface area contributed by atoms with E-state index in [1.165, 1.54) is 45.6 Å². The van der Waals surface area contributed by atoms with E-state index in [0.29, 0.717) is 6.54 Å². The highest BCUT2D eigenvalue weighted by atomic mass is 32.2. The summed E-state index contributed by atoms with van der Waals surface area (Å²) >= 11 is 1.67. The highest BCUT2D eigenvalue weighted by molar-refractivity contribution is 7.89. The number of non-ortho nitro benzene ring substituents is 1. The summed E-state index contributed by atoms with van der Waals surface area (Å²) in [6.45, 7) is 1.56. The van der Waals surface area contributed by atoms with Crippen molar-refractivity contribution in [2.75, 3.05) is 39.3 Å². The van der Waals surface area contributed by atoms with Crippen LogP contribution in [0.2, 0.25) is 0 Å². The van der Waals surface area contributed by atoms with Gasteiger partial charge in [-0.1, -0.05) is 12.1 Å². The second-order valence-electron chi connectivity index (χ2n) is 9.01. The summed E-state index contributed by atoms with van der Waals surface area (Å²) in [5.41, 5.74) is 1.71. The van der Waals surface area contributed by atoms with Crippen LogP contribution >= 0.6 is 11.3 Å². The molecule has 1 aromatic heterocycles. The number of halogens is 1. The molecule has 2 aliphatic rings. The van der Waals surface area contributed by atoms with E-state index >= 15 is 0 Å². The van der Waals surface area contributed by atoms with Gasteiger partial charge in [0.05, 0.1) is 22.4 Å². The Morgan fingerprint density at radius 2 is 1.78 bits per heavy atom. The maximum absolute atomic E-state index is 14.0. The van der Waals surface area contributed by atoms with Crippen LogP contribution in [0.4, 0.5) is 10.1 Å². The number of piperazine rings is 1. The first-order valence-corrected chi connectivity index (χ1v) is 14.1. The average Bonchev–Trinajstić information content (AvgIpc) is 3.37. The SMILES string of the molecule is O=C(CN1CCc2sccc2C1c1cccc(F)c1)N1CCN(S(=O)(=O)c2ccc([N+](=O)[O-])cc2)CC1. The Bertz CT molecular complexity index is 1420. The molecule has 0 aliphatic carbocycles. The standard InChI is InChI=1S/C25H25FN4O5S2/c26-19-3-1-2-18(16-19)25-22-9-15-36-23(22)8-10-28(25)17-24(31)27-11-13-29(14-12-27)37(34,35)21-6-4-20(5-7-21)30(32)33/h1-7,9,15-16,25H,8,10-14,17H2. The Labute approximate surface area is 217 Å². The molecule has 1 unspecified atom stereocenters. The monoisotopic (exact) mass is 544 g/mol. The Hall–Kier alpha value is -3.19. The van der Waals surface area contributed by atoms with E-state index in [1.807, 2.05) is 17.5 Å². The molecule has 2 aromatic carbocycles. The van der Waals surface area contributed by atoms with Gasteiger partial charge in [-0.25, -0.2) is 12.8 Å². The molecule has 3 heterocycles. The number of hydrogen-bond donors (Lipinski definition) is 0. The lowest BCUT2D eigenvalue weighted by molar-refractivity contribution is -0.384. The van der Waals surface area contributed by atoms with Gasteiger partial charge in [0.15, 0.2) is 0 Å². The lowest BCUT2D eigenvalue weighted by Gasteiger charge is -2.39. The van der Waals surface area contributed by atoms with Crippen molar-refractivity contribution >= 4 is 33.0 Å². The van der Waals surface area contributed by atoms with Crippen LogP contribution in [0.15, 0.2) is 64.9 Å². The molecule has 37 heavy (non-hydrogen) atoms. The predicted molar refractivity (Wildman–Crippen MR) is 136 cm³/mol. The average molecular weight is 545 g/mol. The topological polar surface area (TPSA) is 104 Å². The van der Waals surface area contributed by atoms with Gasteiger partial charge in [-0.2, -0.15) is 4.31 Å². The molecule has 1 fully saturated rings. The van der Waals surface area contributed by atoms with Gasteiger partial charge in [-0.05, 0) is 53.3 Å². The molecule has 0 spiro atoms. The molecule has 0 N–H and O–H groups in total. The second kappa shape index (κ2) is 10.3. The molecular weight excluding hydrogens is 519 g/mol. The van der Waals surface area contributed by atoms with Crippen molar-refractivity contribution in [3.05, 3.63) is 91.9 Å². The first kappa shape index (κ1) is 25.5. The smallest absolute Gasteiger partial charge is 0.269 e. The molecule has 0 saturated carbocycles. The van der Waals surface area contributed by atoms with Crippen LogP contribution in [0.1, 0.15) is 22.0 Å². The van der Waals surface area contributed by atoms with E-state index < -0.39 is 14.9 Å². The van der Waals surface area contributed by atoms with E-state index in [2.05, 4.69) is 4.90 Å². The molecule has 194 valence electrons. The maximum Gasteiger partial charge on any atom is 0.269 e. The molecule has 1 amide bonds. The molecule has 0 radical (unpaired) electrons. The Morgan fingerprint density at radius 1 is 1.05 bits per heavy atom. The van der Waals surface area contributed by atoms with Gasteiger partial charge in [0.1, 0.15) is 5.82 Å². The van der Waals surface area contributed by atoms with Crippen LogP contribution < -0.4 is 0 Å². The highest BCUT2D eigenvalue weighted by Crippen LogP contribution is 2.37. The number of nitrogens with zero attached hydrogens (tertiary/aromatic N) is 4. The van der Waals surface area contributed by atoms with Gasteiger partial charge in [-0.15, -0.1) is 11.3 Å². The zero-order valence-corrected chi connectivity index (χ0v) is 21.5. The predicted octanol–water partition coefficient (Wildman–Crippen LogP) is 3.28. The molecular formula is C25H25FN4O5S2. The molecule has 3 aromatic rings. The third-order valence-electron chi connectivity index (χ3n) is 6.85. The first-order chi connectivity index (χ1) is 17.7. The van der Waals surface area contributed by atoms with Gasteiger partial charge in [-0.3, -0.25) is 19.8 Å². The van der Waals surface area contributed by atoms with E-state index in [9.17, 15) is 27.7 Å². The quantitative estimate of drug-likeness (QED) is 0.349. The minimum absolute atomic E-state index is 0.0179. The van der Waals surface area contributed by atoms with E-state index in [-0.39, 0.29) is 61.1 Å². The normalized spacial score (nSPS) is 18.9. The highest BCUT2D eigenvalue weighted by Gasteiger charge is 2.34. The van der Waals surface area contributed by atoms with E-state index in [0.717, 1.165) is 17.5 Å². The van der Waals surface area contributed by atoms with Crippen molar-refractivity contribution in [1.29, 1.82) is 0 Å². The fourth-order valence-electron chi connectivity index (χ4n) is 4.95. The fraction of sp³-hybridized carbons (Fsp3) is 0.320. The molecule has 12 heteroatoms. The number of fused-ring (bicyclic) bond motifs is 1. The fourth-order valence-corrected chi connectivity index (χ4v) is 7.27. The summed E-state index contributed by atoms with van der Waals surface area (Å²) in [5.74, 6) is -0.427. The van der Waals surface area contributed by atoms with E-state index in [4.69, 9.17) is 0 Å². The van der Waals surface area contributed by atoms with Crippen molar-refractivity contribution in [1.82, 2.24) is 14.1 Å². The summed E-state index contributed by atoms with van der Waals surface area (Å²) < 4.78 is 41.3.